The van der Waals surface area contributed by atoms with Gasteiger partial charge in [-0.25, -0.2) is 0 Å². The van der Waals surface area contributed by atoms with Crippen molar-refractivity contribution in [2.24, 2.45) is 0 Å². The van der Waals surface area contributed by atoms with Crippen LogP contribution in [0.15, 0.2) is 65.7 Å². The summed E-state index contributed by atoms with van der Waals surface area (Å²) in [7, 11) is 0. The van der Waals surface area contributed by atoms with E-state index in [0.29, 0.717) is 0 Å². The molecule has 1 atom stereocenters. The molecule has 0 fully saturated rings. The van der Waals surface area contributed by atoms with Crippen molar-refractivity contribution in [2.45, 2.75) is 33.1 Å². The van der Waals surface area contributed by atoms with Crippen LogP contribution in [0.3, 0.4) is 0 Å². The molecule has 0 heteroatoms. The van der Waals surface area contributed by atoms with Gasteiger partial charge in [0.2, 0.25) is 0 Å². The second-order valence-corrected chi connectivity index (χ2v) is 6.30. The van der Waals surface area contributed by atoms with Crippen LogP contribution in [-0.4, -0.2) is 0 Å². The summed E-state index contributed by atoms with van der Waals surface area (Å²) >= 11 is 0. The molecule has 0 radical (unpaired) electrons. The molecule has 0 heterocycles. The first-order valence-electron chi connectivity index (χ1n) is 7.57. The number of benzene rings is 2. The molecule has 2 aromatic carbocycles. The van der Waals surface area contributed by atoms with Crippen LogP contribution < -0.4 is 0 Å². The molecule has 0 spiro atoms. The Bertz CT molecular complexity index is 728. The second-order valence-electron chi connectivity index (χ2n) is 6.30. The molecule has 0 aliphatic heterocycles. The molecule has 0 saturated carbocycles. The third-order valence-corrected chi connectivity index (χ3v) is 4.57. The van der Waals surface area contributed by atoms with Gasteiger partial charge in [-0.3, -0.25) is 0 Å². The van der Waals surface area contributed by atoms with E-state index >= 15 is 0 Å². The van der Waals surface area contributed by atoms with Crippen molar-refractivity contribution in [1.82, 2.24) is 0 Å². The van der Waals surface area contributed by atoms with Gasteiger partial charge in [-0.15, -0.1) is 0 Å². The molecule has 0 N–H and O–H groups in total. The van der Waals surface area contributed by atoms with Gasteiger partial charge in [0.25, 0.3) is 0 Å². The summed E-state index contributed by atoms with van der Waals surface area (Å²) in [6.45, 7) is 8.93. The normalized spacial score (nSPS) is 20.4. The minimum Gasteiger partial charge on any atom is -0.0758 e. The summed E-state index contributed by atoms with van der Waals surface area (Å²) in [5.41, 5.74) is 8.51. The predicted octanol–water partition coefficient (Wildman–Crippen LogP) is 5.85. The fourth-order valence-electron chi connectivity index (χ4n) is 3.37. The lowest BCUT2D eigenvalue weighted by Gasteiger charge is -2.18. The van der Waals surface area contributed by atoms with E-state index in [2.05, 4.69) is 88.4 Å². The van der Waals surface area contributed by atoms with Crippen LogP contribution in [0.5, 0.6) is 0 Å². The number of allylic oxidation sites excluding steroid dienone is 3. The summed E-state index contributed by atoms with van der Waals surface area (Å²) in [6.07, 6.45) is 2.29. The zero-order valence-electron chi connectivity index (χ0n) is 13.3. The highest BCUT2D eigenvalue weighted by atomic mass is 14.5. The third-order valence-electron chi connectivity index (χ3n) is 4.57. The fraction of sp³-hybridized carbons (Fsp3) is 0.238. The molecule has 0 nitrogen and oxygen atoms in total. The van der Waals surface area contributed by atoms with E-state index in [0.717, 1.165) is 0 Å². The first kappa shape index (κ1) is 13.9. The summed E-state index contributed by atoms with van der Waals surface area (Å²) in [5.74, 6) is 0. The van der Waals surface area contributed by atoms with E-state index in [1.54, 1.807) is 0 Å². The van der Waals surface area contributed by atoms with Gasteiger partial charge in [0.15, 0.2) is 0 Å². The lowest BCUT2D eigenvalue weighted by atomic mass is 9.85. The average Bonchev–Trinajstić information content (AvgIpc) is 3.02. The summed E-state index contributed by atoms with van der Waals surface area (Å²) in [4.78, 5) is 0. The Morgan fingerprint density at radius 2 is 1.52 bits per heavy atom. The van der Waals surface area contributed by atoms with E-state index in [9.17, 15) is 0 Å². The SMILES string of the molecule is CC(C)=Cc1ccccc1C1(C)C(C)=C1c1ccccc1. The van der Waals surface area contributed by atoms with Gasteiger partial charge in [0.1, 0.15) is 0 Å². The van der Waals surface area contributed by atoms with Crippen molar-refractivity contribution in [2.75, 3.05) is 0 Å². The van der Waals surface area contributed by atoms with Gasteiger partial charge in [-0.05, 0) is 50.0 Å². The Labute approximate surface area is 127 Å². The lowest BCUT2D eigenvalue weighted by molar-refractivity contribution is 0.842. The number of hydrogen-bond acceptors (Lipinski definition) is 0. The van der Waals surface area contributed by atoms with Crippen LogP contribution in [0, 0.1) is 0 Å². The van der Waals surface area contributed by atoms with Gasteiger partial charge in [-0.1, -0.05) is 71.8 Å². The molecule has 1 aliphatic carbocycles. The van der Waals surface area contributed by atoms with Gasteiger partial charge < -0.3 is 0 Å². The van der Waals surface area contributed by atoms with Crippen molar-refractivity contribution >= 4 is 11.6 Å². The molecule has 21 heavy (non-hydrogen) atoms. The fourth-order valence-corrected chi connectivity index (χ4v) is 3.37. The van der Waals surface area contributed by atoms with Crippen molar-refractivity contribution in [3.63, 3.8) is 0 Å². The van der Waals surface area contributed by atoms with Gasteiger partial charge in [-0.2, -0.15) is 0 Å². The molecule has 1 unspecified atom stereocenters. The Morgan fingerprint density at radius 3 is 2.19 bits per heavy atom. The molecule has 1 aliphatic rings. The molecule has 3 rings (SSSR count). The highest BCUT2D eigenvalue weighted by Gasteiger charge is 2.48. The van der Waals surface area contributed by atoms with Crippen LogP contribution in [0.2, 0.25) is 0 Å². The van der Waals surface area contributed by atoms with Crippen LogP contribution in [-0.2, 0) is 5.41 Å². The molecular weight excluding hydrogens is 252 g/mol. The van der Waals surface area contributed by atoms with E-state index in [4.69, 9.17) is 0 Å². The first-order chi connectivity index (χ1) is 10.0. The lowest BCUT2D eigenvalue weighted by Crippen LogP contribution is -2.09. The van der Waals surface area contributed by atoms with Gasteiger partial charge in [0.05, 0.1) is 0 Å². The second kappa shape index (κ2) is 5.04. The van der Waals surface area contributed by atoms with Crippen LogP contribution in [0.4, 0.5) is 0 Å². The minimum atomic E-state index is 0.0872. The quantitative estimate of drug-likeness (QED) is 0.658. The Kier molecular flexibility index (Phi) is 3.33. The maximum atomic E-state index is 2.35. The Hall–Kier alpha value is -2.08. The van der Waals surface area contributed by atoms with Gasteiger partial charge >= 0.3 is 0 Å². The third kappa shape index (κ3) is 2.25. The summed E-state index contributed by atoms with van der Waals surface area (Å²) in [5, 5.41) is 0. The zero-order valence-corrected chi connectivity index (χ0v) is 13.3. The topological polar surface area (TPSA) is 0 Å². The van der Waals surface area contributed by atoms with E-state index in [-0.39, 0.29) is 5.41 Å². The maximum absolute atomic E-state index is 2.35. The largest absolute Gasteiger partial charge is 0.0758 e. The molecule has 2 aromatic rings. The minimum absolute atomic E-state index is 0.0872. The highest BCUT2D eigenvalue weighted by molar-refractivity contribution is 5.96. The summed E-state index contributed by atoms with van der Waals surface area (Å²) < 4.78 is 0. The standard InChI is InChI=1S/C21H22/c1-15(2)14-18-12-8-9-13-19(18)21(4)16(3)20(21)17-10-6-5-7-11-17/h5-14H,1-4H3. The van der Waals surface area contributed by atoms with Crippen molar-refractivity contribution in [1.29, 1.82) is 0 Å². The van der Waals surface area contributed by atoms with Gasteiger partial charge in [0, 0.05) is 5.41 Å². The van der Waals surface area contributed by atoms with E-state index in [1.165, 1.54) is 33.4 Å². The van der Waals surface area contributed by atoms with E-state index in [1.807, 2.05) is 0 Å². The molecule has 106 valence electrons. The molecule has 0 saturated heterocycles. The molecule has 0 amide bonds. The monoisotopic (exact) mass is 274 g/mol. The van der Waals surface area contributed by atoms with Crippen molar-refractivity contribution < 1.29 is 0 Å². The first-order valence-corrected chi connectivity index (χ1v) is 7.57. The van der Waals surface area contributed by atoms with E-state index < -0.39 is 0 Å². The highest BCUT2D eigenvalue weighted by Crippen LogP contribution is 2.59. The van der Waals surface area contributed by atoms with Crippen molar-refractivity contribution in [3.05, 3.63) is 82.4 Å². The van der Waals surface area contributed by atoms with Crippen LogP contribution >= 0.6 is 0 Å². The number of rotatable bonds is 3. The Balaban J connectivity index is 2.06. The number of hydrogen-bond donors (Lipinski definition) is 0. The zero-order chi connectivity index (χ0) is 15.0. The Morgan fingerprint density at radius 1 is 0.905 bits per heavy atom. The van der Waals surface area contributed by atoms with Crippen molar-refractivity contribution in [3.8, 4) is 0 Å². The van der Waals surface area contributed by atoms with Crippen LogP contribution in [0.1, 0.15) is 44.4 Å². The molecular formula is C21H22. The van der Waals surface area contributed by atoms with Crippen LogP contribution in [0.25, 0.3) is 11.6 Å². The predicted molar refractivity (Wildman–Crippen MR) is 92.2 cm³/mol. The molecule has 0 bridgehead atoms. The molecule has 0 aromatic heterocycles. The summed E-state index contributed by atoms with van der Waals surface area (Å²) in [6, 6.07) is 19.5. The smallest absolute Gasteiger partial charge is 0.0398 e. The maximum Gasteiger partial charge on any atom is 0.0398 e. The average molecular weight is 274 g/mol.